The molecular weight excluding hydrogens is 765 g/mol. The Hall–Kier alpha value is -7.04. The van der Waals surface area contributed by atoms with Gasteiger partial charge in [-0.15, -0.1) is 0 Å². The van der Waals surface area contributed by atoms with Crippen LogP contribution >= 0.6 is 0 Å². The number of benzene rings is 7. The molecule has 5 aliphatic carbocycles. The normalized spacial score (nSPS) is 22.5. The van der Waals surface area contributed by atoms with Crippen LogP contribution in [0.25, 0.3) is 56.2 Å². The molecular formula is C59H46N4. The monoisotopic (exact) mass is 810 g/mol. The third-order valence-corrected chi connectivity index (χ3v) is 15.5. The third-order valence-electron chi connectivity index (χ3n) is 15.5. The average molecular weight is 811 g/mol. The molecule has 2 aromatic heterocycles. The maximum Gasteiger partial charge on any atom is 0.182 e. The topological polar surface area (TPSA) is 51.6 Å². The lowest BCUT2D eigenvalue weighted by molar-refractivity contribution is -0.0440. The van der Waals surface area contributed by atoms with Gasteiger partial charge in [0.25, 0.3) is 0 Å². The fraction of sp³-hybridized carbons (Fsp3) is 0.186. The molecule has 0 saturated heterocycles. The lowest BCUT2D eigenvalue weighted by Crippen LogP contribution is -2.59. The molecule has 14 rings (SSSR count). The summed E-state index contributed by atoms with van der Waals surface area (Å²) in [6, 6.07) is 69.4. The molecule has 5 aliphatic rings. The second-order valence-corrected chi connectivity index (χ2v) is 18.6. The number of hydrogen-bond acceptors (Lipinski definition) is 4. The van der Waals surface area contributed by atoms with Crippen LogP contribution in [0, 0.1) is 23.7 Å². The van der Waals surface area contributed by atoms with E-state index in [1.165, 1.54) is 70.9 Å². The number of pyridine rings is 1. The number of aromatic nitrogens is 4. The van der Waals surface area contributed by atoms with E-state index in [-0.39, 0.29) is 5.41 Å². The number of nitrogens with zero attached hydrogens (tertiary/aromatic N) is 4. The van der Waals surface area contributed by atoms with Gasteiger partial charge < -0.3 is 0 Å². The molecule has 0 unspecified atom stereocenters. The van der Waals surface area contributed by atoms with Crippen LogP contribution in [0.3, 0.4) is 0 Å². The molecule has 0 atom stereocenters. The maximum atomic E-state index is 5.15. The summed E-state index contributed by atoms with van der Waals surface area (Å²) in [5.74, 6) is 4.75. The minimum Gasteiger partial charge on any atom is -0.253 e. The van der Waals surface area contributed by atoms with Gasteiger partial charge in [-0.1, -0.05) is 164 Å². The van der Waals surface area contributed by atoms with E-state index >= 15 is 0 Å². The second-order valence-electron chi connectivity index (χ2n) is 18.6. The van der Waals surface area contributed by atoms with Crippen molar-refractivity contribution < 1.29 is 0 Å². The molecule has 4 nitrogen and oxygen atoms in total. The number of hydrogen-bond donors (Lipinski definition) is 0. The summed E-state index contributed by atoms with van der Waals surface area (Å²) in [7, 11) is 0. The molecule has 63 heavy (non-hydrogen) atoms. The summed E-state index contributed by atoms with van der Waals surface area (Å²) < 4.78 is 0. The van der Waals surface area contributed by atoms with E-state index in [1.807, 2.05) is 36.4 Å². The predicted octanol–water partition coefficient (Wildman–Crippen LogP) is 13.5. The zero-order chi connectivity index (χ0) is 41.5. The van der Waals surface area contributed by atoms with E-state index in [4.69, 9.17) is 15.0 Å². The molecule has 4 bridgehead atoms. The van der Waals surface area contributed by atoms with Crippen molar-refractivity contribution in [1.82, 2.24) is 19.9 Å². The van der Waals surface area contributed by atoms with Gasteiger partial charge in [0, 0.05) is 22.7 Å². The summed E-state index contributed by atoms with van der Waals surface area (Å²) >= 11 is 0. The van der Waals surface area contributed by atoms with Crippen LogP contribution in [0.4, 0.5) is 0 Å². The van der Waals surface area contributed by atoms with Crippen LogP contribution in [0.2, 0.25) is 0 Å². The van der Waals surface area contributed by atoms with Crippen molar-refractivity contribution in [3.8, 4) is 45.4 Å². The zero-order valence-electron chi connectivity index (χ0n) is 35.1. The van der Waals surface area contributed by atoms with Crippen LogP contribution in [0.15, 0.2) is 194 Å². The Labute approximate surface area is 368 Å². The largest absolute Gasteiger partial charge is 0.253 e. The van der Waals surface area contributed by atoms with Crippen molar-refractivity contribution in [2.24, 2.45) is 23.7 Å². The molecule has 4 heteroatoms. The zero-order valence-corrected chi connectivity index (χ0v) is 35.1. The Kier molecular flexibility index (Phi) is 8.28. The molecule has 302 valence electrons. The highest BCUT2D eigenvalue weighted by molar-refractivity contribution is 6.04. The van der Waals surface area contributed by atoms with E-state index < -0.39 is 5.41 Å². The van der Waals surface area contributed by atoms with Crippen molar-refractivity contribution in [2.75, 3.05) is 0 Å². The molecule has 4 fully saturated rings. The summed E-state index contributed by atoms with van der Waals surface area (Å²) in [6.45, 7) is 0. The van der Waals surface area contributed by atoms with Gasteiger partial charge in [0.05, 0.1) is 5.41 Å². The Morgan fingerprint density at radius 1 is 0.381 bits per heavy atom. The van der Waals surface area contributed by atoms with E-state index in [9.17, 15) is 0 Å². The highest BCUT2D eigenvalue weighted by Crippen LogP contribution is 2.70. The summed E-state index contributed by atoms with van der Waals surface area (Å²) in [6.07, 6.45) is 8.51. The molecule has 7 aromatic carbocycles. The minimum atomic E-state index is -0.473. The summed E-state index contributed by atoms with van der Waals surface area (Å²) in [5.41, 5.74) is 13.2. The van der Waals surface area contributed by atoms with Crippen LogP contribution < -0.4 is 0 Å². The second kappa shape index (κ2) is 14.3. The van der Waals surface area contributed by atoms with Gasteiger partial charge in [0.1, 0.15) is 5.69 Å². The minimum absolute atomic E-state index is 0.0568. The standard InChI is InChI=1S/C59H46N4/c1-4-16-40(17-5-1)55-61-56(63-57(62-55)54-26-14-15-31-60-54)49-29-28-46(47-22-10-11-23-48(47)49)41-27-30-52-53(37-41)59(44-33-38-32-39(35-44)36-45(59)34-38)51-25-13-12-24-50(51)58(52,42-18-6-2-7-19-42)43-20-8-3-9-21-43/h1-31,37-39,44-45H,32-36H2. The van der Waals surface area contributed by atoms with Crippen molar-refractivity contribution in [3.05, 3.63) is 228 Å². The molecule has 0 aliphatic heterocycles. The first kappa shape index (κ1) is 36.6. The SMILES string of the molecule is c1ccc(-c2nc(-c3ccccn3)nc(-c3ccc(-c4ccc5c(c4)C4(c6ccccc6C5(c5ccccc5)c5ccccc5)C5CC6CC(C5)CC4C6)c4ccccc34)n2)cc1. The lowest BCUT2D eigenvalue weighted by atomic mass is 9.38. The summed E-state index contributed by atoms with van der Waals surface area (Å²) in [4.78, 5) is 19.9. The Balaban J connectivity index is 1.06. The molecule has 1 spiro atoms. The smallest absolute Gasteiger partial charge is 0.182 e. The fourth-order valence-corrected chi connectivity index (χ4v) is 13.4. The van der Waals surface area contributed by atoms with Gasteiger partial charge in [-0.25, -0.2) is 15.0 Å². The third kappa shape index (κ3) is 5.40. The maximum absolute atomic E-state index is 5.15. The first-order chi connectivity index (χ1) is 31.2. The first-order valence-corrected chi connectivity index (χ1v) is 22.8. The number of fused-ring (bicyclic) bond motifs is 3. The number of rotatable bonds is 6. The highest BCUT2D eigenvalue weighted by atomic mass is 15.0. The summed E-state index contributed by atoms with van der Waals surface area (Å²) in [5, 5.41) is 2.30. The van der Waals surface area contributed by atoms with E-state index in [0.717, 1.165) is 34.0 Å². The van der Waals surface area contributed by atoms with Crippen molar-refractivity contribution in [3.63, 3.8) is 0 Å². The molecule has 4 saturated carbocycles. The van der Waals surface area contributed by atoms with E-state index in [0.29, 0.717) is 29.3 Å². The Morgan fingerprint density at radius 2 is 0.921 bits per heavy atom. The molecule has 9 aromatic rings. The van der Waals surface area contributed by atoms with Crippen molar-refractivity contribution in [2.45, 2.75) is 42.9 Å². The molecule has 0 N–H and O–H groups in total. The quantitative estimate of drug-likeness (QED) is 0.168. The van der Waals surface area contributed by atoms with Gasteiger partial charge in [0.2, 0.25) is 0 Å². The van der Waals surface area contributed by atoms with Crippen LogP contribution in [-0.4, -0.2) is 19.9 Å². The molecule has 0 radical (unpaired) electrons. The van der Waals surface area contributed by atoms with Gasteiger partial charge in [-0.3, -0.25) is 4.98 Å². The highest BCUT2D eigenvalue weighted by Gasteiger charge is 2.63. The Bertz CT molecular complexity index is 3060. The van der Waals surface area contributed by atoms with Crippen LogP contribution in [0.5, 0.6) is 0 Å². The van der Waals surface area contributed by atoms with Crippen LogP contribution in [-0.2, 0) is 10.8 Å². The lowest BCUT2D eigenvalue weighted by Gasteiger charge is -2.65. The van der Waals surface area contributed by atoms with Gasteiger partial charge in [-0.2, -0.15) is 0 Å². The van der Waals surface area contributed by atoms with Crippen LogP contribution in [0.1, 0.15) is 65.5 Å². The van der Waals surface area contributed by atoms with Crippen molar-refractivity contribution >= 4 is 10.8 Å². The van der Waals surface area contributed by atoms with Gasteiger partial charge in [-0.05, 0) is 135 Å². The first-order valence-electron chi connectivity index (χ1n) is 22.8. The van der Waals surface area contributed by atoms with E-state index in [2.05, 4.69) is 157 Å². The van der Waals surface area contributed by atoms with E-state index in [1.54, 1.807) is 17.3 Å². The van der Waals surface area contributed by atoms with Gasteiger partial charge in [0.15, 0.2) is 17.5 Å². The molecule has 0 amide bonds. The van der Waals surface area contributed by atoms with Crippen molar-refractivity contribution in [1.29, 1.82) is 0 Å². The fourth-order valence-electron chi connectivity index (χ4n) is 13.4. The predicted molar refractivity (Wildman–Crippen MR) is 253 cm³/mol. The molecule has 2 heterocycles. The Morgan fingerprint density at radius 3 is 1.59 bits per heavy atom. The van der Waals surface area contributed by atoms with Gasteiger partial charge >= 0.3 is 0 Å². The average Bonchev–Trinajstić information content (AvgIpc) is 3.35.